The fourth-order valence-electron chi connectivity index (χ4n) is 2.84. The number of carbonyl (C=O) groups is 2. The van der Waals surface area contributed by atoms with Crippen molar-refractivity contribution in [2.45, 2.75) is 37.8 Å². The minimum absolute atomic E-state index is 0.128. The Morgan fingerprint density at radius 1 is 1.32 bits per heavy atom. The molecule has 1 aliphatic heterocycles. The Labute approximate surface area is 115 Å². The highest BCUT2D eigenvalue weighted by Gasteiger charge is 2.52. The van der Waals surface area contributed by atoms with Crippen LogP contribution in [0.3, 0.4) is 0 Å². The van der Waals surface area contributed by atoms with Gasteiger partial charge in [0, 0.05) is 0 Å². The largest absolute Gasteiger partial charge is 0.325 e. The quantitative estimate of drug-likeness (QED) is 0.666. The zero-order valence-electron chi connectivity index (χ0n) is 10.4. The smallest absolute Gasteiger partial charge is 0.323 e. The molecule has 1 aromatic heterocycles. The molecule has 2 heterocycles. The van der Waals surface area contributed by atoms with E-state index in [0.717, 1.165) is 25.7 Å². The maximum Gasteiger partial charge on any atom is 0.325 e. The van der Waals surface area contributed by atoms with E-state index < -0.39 is 5.54 Å². The molecule has 0 unspecified atom stereocenters. The third-order valence-corrected chi connectivity index (χ3v) is 4.01. The van der Waals surface area contributed by atoms with Crippen LogP contribution < -0.4 is 5.32 Å². The van der Waals surface area contributed by atoms with Crippen LogP contribution in [0.5, 0.6) is 0 Å². The summed E-state index contributed by atoms with van der Waals surface area (Å²) in [5, 5.41) is 3.20. The third-order valence-electron chi connectivity index (χ3n) is 3.80. The Morgan fingerprint density at radius 3 is 2.74 bits per heavy atom. The molecule has 0 aromatic carbocycles. The Hall–Kier alpha value is -1.62. The van der Waals surface area contributed by atoms with Gasteiger partial charge in [-0.25, -0.2) is 9.78 Å². The van der Waals surface area contributed by atoms with E-state index >= 15 is 0 Å². The van der Waals surface area contributed by atoms with E-state index in [4.69, 9.17) is 11.6 Å². The van der Waals surface area contributed by atoms with Gasteiger partial charge in [-0.2, -0.15) is 0 Å². The Morgan fingerprint density at radius 2 is 2.05 bits per heavy atom. The predicted molar refractivity (Wildman–Crippen MR) is 69.5 cm³/mol. The van der Waals surface area contributed by atoms with Gasteiger partial charge in [-0.15, -0.1) is 0 Å². The van der Waals surface area contributed by atoms with Crippen molar-refractivity contribution in [3.63, 3.8) is 0 Å². The monoisotopic (exact) mass is 279 g/mol. The summed E-state index contributed by atoms with van der Waals surface area (Å²) in [6.45, 7) is 0.174. The van der Waals surface area contributed by atoms with E-state index in [1.54, 1.807) is 18.2 Å². The minimum atomic E-state index is -0.657. The molecule has 1 saturated heterocycles. The summed E-state index contributed by atoms with van der Waals surface area (Å²) in [5.41, 5.74) is -0.0404. The predicted octanol–water partition coefficient (Wildman–Crippen LogP) is 2.10. The second-order valence-electron chi connectivity index (χ2n) is 5.06. The van der Waals surface area contributed by atoms with Gasteiger partial charge in [0.05, 0.1) is 12.2 Å². The normalized spacial score (nSPS) is 21.2. The van der Waals surface area contributed by atoms with E-state index in [9.17, 15) is 9.59 Å². The lowest BCUT2D eigenvalue weighted by molar-refractivity contribution is -0.131. The molecule has 5 nitrogen and oxygen atoms in total. The van der Waals surface area contributed by atoms with Crippen molar-refractivity contribution in [1.82, 2.24) is 15.2 Å². The number of nitrogens with zero attached hydrogens (tertiary/aromatic N) is 2. The van der Waals surface area contributed by atoms with Crippen molar-refractivity contribution >= 4 is 23.5 Å². The van der Waals surface area contributed by atoms with Gasteiger partial charge in [0.15, 0.2) is 0 Å². The van der Waals surface area contributed by atoms with Gasteiger partial charge in [-0.1, -0.05) is 30.5 Å². The Kier molecular flexibility index (Phi) is 2.93. The molecular formula is C13H14ClN3O2. The van der Waals surface area contributed by atoms with Crippen molar-refractivity contribution in [3.05, 3.63) is 29.0 Å². The molecule has 19 heavy (non-hydrogen) atoms. The number of amides is 3. The lowest BCUT2D eigenvalue weighted by Gasteiger charge is -2.19. The van der Waals surface area contributed by atoms with Crippen molar-refractivity contribution < 1.29 is 9.59 Å². The minimum Gasteiger partial charge on any atom is -0.323 e. The van der Waals surface area contributed by atoms with E-state index in [1.165, 1.54) is 4.90 Å². The first kappa shape index (κ1) is 12.4. The van der Waals surface area contributed by atoms with E-state index in [1.807, 2.05) is 0 Å². The number of hydrogen-bond donors (Lipinski definition) is 1. The summed E-state index contributed by atoms with van der Waals surface area (Å²) in [6, 6.07) is 4.85. The third kappa shape index (κ3) is 2.08. The second-order valence-corrected chi connectivity index (χ2v) is 5.45. The summed E-state index contributed by atoms with van der Waals surface area (Å²) in [4.78, 5) is 29.7. The fourth-order valence-corrected chi connectivity index (χ4v) is 3.02. The number of urea groups is 1. The number of pyridine rings is 1. The molecule has 6 heteroatoms. The first-order valence-electron chi connectivity index (χ1n) is 6.36. The van der Waals surface area contributed by atoms with Crippen LogP contribution in [0.2, 0.25) is 5.15 Å². The topological polar surface area (TPSA) is 62.3 Å². The SMILES string of the molecule is O=C1NC2(CCCC2)C(=O)N1Cc1cccc(Cl)n1. The van der Waals surface area contributed by atoms with Crippen molar-refractivity contribution in [1.29, 1.82) is 0 Å². The number of carbonyl (C=O) groups excluding carboxylic acids is 2. The van der Waals surface area contributed by atoms with Gasteiger partial charge >= 0.3 is 6.03 Å². The number of nitrogens with one attached hydrogen (secondary N) is 1. The van der Waals surface area contributed by atoms with Crippen LogP contribution in [0.4, 0.5) is 4.79 Å². The maximum absolute atomic E-state index is 12.4. The van der Waals surface area contributed by atoms with Gasteiger partial charge in [0.1, 0.15) is 10.7 Å². The van der Waals surface area contributed by atoms with E-state index in [2.05, 4.69) is 10.3 Å². The highest BCUT2D eigenvalue weighted by molar-refractivity contribution is 6.29. The molecule has 2 fully saturated rings. The second kappa shape index (κ2) is 4.49. The van der Waals surface area contributed by atoms with E-state index in [0.29, 0.717) is 10.8 Å². The van der Waals surface area contributed by atoms with Gasteiger partial charge in [-0.05, 0) is 25.0 Å². The average molecular weight is 280 g/mol. The summed E-state index contributed by atoms with van der Waals surface area (Å²) in [6.07, 6.45) is 3.43. The van der Waals surface area contributed by atoms with Gasteiger partial charge in [0.2, 0.25) is 0 Å². The number of halogens is 1. The van der Waals surface area contributed by atoms with Gasteiger partial charge < -0.3 is 5.32 Å². The standard InChI is InChI=1S/C13H14ClN3O2/c14-10-5-3-4-9(15-10)8-17-11(18)13(16-12(17)19)6-1-2-7-13/h3-5H,1-2,6-8H2,(H,16,19). The number of hydrogen-bond acceptors (Lipinski definition) is 3. The van der Waals surface area contributed by atoms with Crippen LogP contribution in [0.25, 0.3) is 0 Å². The molecule has 100 valence electrons. The highest BCUT2D eigenvalue weighted by Crippen LogP contribution is 2.35. The van der Waals surface area contributed by atoms with Crippen LogP contribution in [0.15, 0.2) is 18.2 Å². The van der Waals surface area contributed by atoms with Crippen molar-refractivity contribution in [3.8, 4) is 0 Å². The molecule has 1 aromatic rings. The molecule has 3 amide bonds. The fraction of sp³-hybridized carbons (Fsp3) is 0.462. The van der Waals surface area contributed by atoms with Crippen LogP contribution in [0.1, 0.15) is 31.4 Å². The van der Waals surface area contributed by atoms with Crippen LogP contribution >= 0.6 is 11.6 Å². The molecule has 3 rings (SSSR count). The zero-order chi connectivity index (χ0) is 13.5. The maximum atomic E-state index is 12.4. The lowest BCUT2D eigenvalue weighted by Crippen LogP contribution is -2.44. The highest BCUT2D eigenvalue weighted by atomic mass is 35.5. The molecule has 0 bridgehead atoms. The van der Waals surface area contributed by atoms with Gasteiger partial charge in [-0.3, -0.25) is 9.69 Å². The zero-order valence-corrected chi connectivity index (χ0v) is 11.1. The molecule has 1 spiro atoms. The van der Waals surface area contributed by atoms with Gasteiger partial charge in [0.25, 0.3) is 5.91 Å². The van der Waals surface area contributed by atoms with Crippen LogP contribution in [-0.2, 0) is 11.3 Å². The van der Waals surface area contributed by atoms with Crippen LogP contribution in [0, 0.1) is 0 Å². The first-order valence-corrected chi connectivity index (χ1v) is 6.74. The molecule has 0 atom stereocenters. The molecule has 0 radical (unpaired) electrons. The summed E-state index contributed by atoms with van der Waals surface area (Å²) >= 11 is 5.81. The molecule has 1 N–H and O–H groups in total. The summed E-state index contributed by atoms with van der Waals surface area (Å²) in [7, 11) is 0. The average Bonchev–Trinajstić information content (AvgIpc) is 2.92. The molecule has 2 aliphatic rings. The lowest BCUT2D eigenvalue weighted by atomic mass is 9.98. The van der Waals surface area contributed by atoms with Crippen molar-refractivity contribution in [2.75, 3.05) is 0 Å². The molecule has 1 aliphatic carbocycles. The summed E-state index contributed by atoms with van der Waals surface area (Å²) < 4.78 is 0. The number of imide groups is 1. The van der Waals surface area contributed by atoms with Crippen molar-refractivity contribution in [2.24, 2.45) is 0 Å². The Balaban J connectivity index is 1.82. The van der Waals surface area contributed by atoms with E-state index in [-0.39, 0.29) is 18.5 Å². The summed E-state index contributed by atoms with van der Waals surface area (Å²) in [5.74, 6) is -0.128. The Bertz CT molecular complexity index is 540. The first-order chi connectivity index (χ1) is 9.11. The molecular weight excluding hydrogens is 266 g/mol. The number of rotatable bonds is 2. The molecule has 1 saturated carbocycles. The number of aromatic nitrogens is 1. The van der Waals surface area contributed by atoms with Crippen LogP contribution in [-0.4, -0.2) is 27.4 Å².